The van der Waals surface area contributed by atoms with Crippen LogP contribution in [-0.2, 0) is 30.5 Å². The van der Waals surface area contributed by atoms with Gasteiger partial charge >= 0.3 is 15.2 Å². The Balaban J connectivity index is 2.78. The van der Waals surface area contributed by atoms with Gasteiger partial charge in [-0.1, -0.05) is 24.3 Å². The van der Waals surface area contributed by atoms with Gasteiger partial charge in [0, 0.05) is 14.2 Å². The fourth-order valence-corrected chi connectivity index (χ4v) is 3.17. The minimum Gasteiger partial charge on any atom is -0.324 e. The highest BCUT2D eigenvalue weighted by molar-refractivity contribution is 7.53. The van der Waals surface area contributed by atoms with E-state index in [1.807, 2.05) is 0 Å². The molecule has 0 aliphatic rings. The molecule has 0 saturated carbocycles. The van der Waals surface area contributed by atoms with Crippen LogP contribution in [0.2, 0.25) is 0 Å². The Morgan fingerprint density at radius 1 is 0.944 bits per heavy atom. The van der Waals surface area contributed by atoms with E-state index < -0.39 is 15.2 Å². The Morgan fingerprint density at radius 2 is 1.33 bits per heavy atom. The number of benzene rings is 1. The van der Waals surface area contributed by atoms with Crippen molar-refractivity contribution in [1.29, 1.82) is 0 Å². The second-order valence-electron chi connectivity index (χ2n) is 3.77. The summed E-state index contributed by atoms with van der Waals surface area (Å²) in [6.07, 6.45) is -0.185. The molecule has 0 saturated heterocycles. The Labute approximate surface area is 106 Å². The highest BCUT2D eigenvalue weighted by Crippen LogP contribution is 2.49. The third-order valence-corrected chi connectivity index (χ3v) is 4.99. The lowest BCUT2D eigenvalue weighted by Crippen LogP contribution is -1.94. The first-order chi connectivity index (χ1) is 8.28. The topological polar surface area (TPSA) is 93.1 Å². The van der Waals surface area contributed by atoms with Crippen molar-refractivity contribution < 1.29 is 28.0 Å². The van der Waals surface area contributed by atoms with Gasteiger partial charge in [0.25, 0.3) is 0 Å². The van der Waals surface area contributed by atoms with Gasteiger partial charge in [-0.15, -0.1) is 0 Å². The zero-order valence-corrected chi connectivity index (χ0v) is 11.9. The summed E-state index contributed by atoms with van der Waals surface area (Å²) in [7, 11) is -4.55. The van der Waals surface area contributed by atoms with E-state index in [2.05, 4.69) is 0 Å². The number of hydrogen-bond acceptors (Lipinski definition) is 4. The zero-order valence-electron chi connectivity index (χ0n) is 10.1. The number of rotatable bonds is 6. The summed E-state index contributed by atoms with van der Waals surface area (Å²) in [6.45, 7) is 0. The van der Waals surface area contributed by atoms with Crippen molar-refractivity contribution in [2.24, 2.45) is 0 Å². The summed E-state index contributed by atoms with van der Waals surface area (Å²) in [6, 6.07) is 6.47. The first-order valence-electron chi connectivity index (χ1n) is 5.11. The molecule has 0 heterocycles. The van der Waals surface area contributed by atoms with Crippen molar-refractivity contribution >= 4 is 15.2 Å². The first kappa shape index (κ1) is 15.6. The maximum absolute atomic E-state index is 11.9. The van der Waals surface area contributed by atoms with Gasteiger partial charge < -0.3 is 18.8 Å². The molecule has 0 aromatic heterocycles. The molecular formula is C10H16O6P2. The van der Waals surface area contributed by atoms with Crippen LogP contribution in [0.4, 0.5) is 0 Å². The second kappa shape index (κ2) is 6.11. The summed E-state index contributed by atoms with van der Waals surface area (Å²) < 4.78 is 32.3. The molecule has 0 atom stereocenters. The van der Waals surface area contributed by atoms with Gasteiger partial charge in [0.15, 0.2) is 0 Å². The normalized spacial score (nSPS) is 12.7. The molecule has 0 bridgehead atoms. The van der Waals surface area contributed by atoms with Crippen LogP contribution in [0.3, 0.4) is 0 Å². The molecule has 18 heavy (non-hydrogen) atoms. The average Bonchev–Trinajstić information content (AvgIpc) is 2.30. The molecule has 1 rings (SSSR count). The molecule has 6 nitrogen and oxygen atoms in total. The van der Waals surface area contributed by atoms with Crippen molar-refractivity contribution in [1.82, 2.24) is 0 Å². The lowest BCUT2D eigenvalue weighted by atomic mass is 10.2. The second-order valence-corrected chi connectivity index (χ2v) is 7.69. The van der Waals surface area contributed by atoms with Gasteiger partial charge in [0.1, 0.15) is 0 Å². The fourth-order valence-electron chi connectivity index (χ4n) is 1.42. The molecule has 1 aromatic carbocycles. The van der Waals surface area contributed by atoms with Crippen molar-refractivity contribution in [2.45, 2.75) is 12.3 Å². The SMILES string of the molecule is COP(=O)(Cc1ccc(CP(=O)(O)O)cc1)OC. The largest absolute Gasteiger partial charge is 0.334 e. The molecule has 0 fully saturated rings. The van der Waals surface area contributed by atoms with Crippen molar-refractivity contribution in [3.8, 4) is 0 Å². The molecule has 1 aromatic rings. The first-order valence-corrected chi connectivity index (χ1v) is 8.63. The third kappa shape index (κ3) is 5.02. The van der Waals surface area contributed by atoms with E-state index in [1.165, 1.54) is 14.2 Å². The standard InChI is InChI=1S/C10H16O6P2/c1-15-18(14,16-2)8-10-5-3-9(4-6-10)7-17(11,12)13/h3-6H,7-8H2,1-2H3,(H2,11,12,13). The summed E-state index contributed by atoms with van der Waals surface area (Å²) >= 11 is 0. The predicted octanol–water partition coefficient (Wildman–Crippen LogP) is 2.35. The predicted molar refractivity (Wildman–Crippen MR) is 67.5 cm³/mol. The number of hydrogen-bond donors (Lipinski definition) is 2. The summed E-state index contributed by atoms with van der Waals surface area (Å²) in [5.74, 6) is 0. The Kier molecular flexibility index (Phi) is 5.29. The molecule has 2 N–H and O–H groups in total. The third-order valence-electron chi connectivity index (χ3n) is 2.34. The molecular weight excluding hydrogens is 278 g/mol. The molecule has 0 aliphatic carbocycles. The van der Waals surface area contributed by atoms with Crippen molar-refractivity contribution in [3.05, 3.63) is 35.4 Å². The fraction of sp³-hybridized carbons (Fsp3) is 0.400. The minimum atomic E-state index is -4.06. The molecule has 0 unspecified atom stereocenters. The van der Waals surface area contributed by atoms with Gasteiger partial charge in [-0.2, -0.15) is 0 Å². The lowest BCUT2D eigenvalue weighted by Gasteiger charge is -2.13. The van der Waals surface area contributed by atoms with Crippen LogP contribution in [0.1, 0.15) is 11.1 Å². The molecule has 0 radical (unpaired) electrons. The van der Waals surface area contributed by atoms with E-state index >= 15 is 0 Å². The van der Waals surface area contributed by atoms with Crippen molar-refractivity contribution in [3.63, 3.8) is 0 Å². The van der Waals surface area contributed by atoms with Crippen molar-refractivity contribution in [2.75, 3.05) is 14.2 Å². The van der Waals surface area contributed by atoms with Gasteiger partial charge in [0.05, 0.1) is 12.3 Å². The molecule has 0 aliphatic heterocycles. The highest BCUT2D eigenvalue weighted by Gasteiger charge is 2.21. The molecule has 0 spiro atoms. The van der Waals surface area contributed by atoms with Crippen LogP contribution in [0.15, 0.2) is 24.3 Å². The maximum atomic E-state index is 11.9. The van der Waals surface area contributed by atoms with Crippen LogP contribution in [0.5, 0.6) is 0 Å². The van der Waals surface area contributed by atoms with Crippen LogP contribution < -0.4 is 0 Å². The lowest BCUT2D eigenvalue weighted by molar-refractivity contribution is 0.275. The monoisotopic (exact) mass is 294 g/mol. The van der Waals surface area contributed by atoms with E-state index in [0.717, 1.165) is 5.56 Å². The quantitative estimate of drug-likeness (QED) is 0.782. The Hall–Kier alpha value is -0.480. The molecule has 0 amide bonds. The van der Waals surface area contributed by atoms with Crippen LogP contribution in [-0.4, -0.2) is 24.0 Å². The van der Waals surface area contributed by atoms with E-state index in [-0.39, 0.29) is 12.3 Å². The van der Waals surface area contributed by atoms with E-state index in [1.54, 1.807) is 24.3 Å². The minimum absolute atomic E-state index is 0.121. The van der Waals surface area contributed by atoms with Crippen LogP contribution >= 0.6 is 15.2 Å². The van der Waals surface area contributed by atoms with Gasteiger partial charge in [-0.25, -0.2) is 0 Å². The maximum Gasteiger partial charge on any atom is 0.334 e. The smallest absolute Gasteiger partial charge is 0.324 e. The Morgan fingerprint density at radius 3 is 1.67 bits per heavy atom. The van der Waals surface area contributed by atoms with Gasteiger partial charge in [0.2, 0.25) is 0 Å². The van der Waals surface area contributed by atoms with E-state index in [4.69, 9.17) is 18.8 Å². The average molecular weight is 294 g/mol. The van der Waals surface area contributed by atoms with Crippen LogP contribution in [0.25, 0.3) is 0 Å². The van der Waals surface area contributed by atoms with Crippen LogP contribution in [0, 0.1) is 0 Å². The Bertz CT molecular complexity index is 470. The van der Waals surface area contributed by atoms with E-state index in [0.29, 0.717) is 5.56 Å². The summed E-state index contributed by atoms with van der Waals surface area (Å²) in [4.78, 5) is 17.7. The molecule has 8 heteroatoms. The zero-order chi connectivity index (χ0) is 13.8. The molecule has 102 valence electrons. The van der Waals surface area contributed by atoms with Gasteiger partial charge in [-0.3, -0.25) is 9.13 Å². The highest BCUT2D eigenvalue weighted by atomic mass is 31.2. The summed E-state index contributed by atoms with van der Waals surface area (Å²) in [5.41, 5.74) is 1.24. The van der Waals surface area contributed by atoms with Gasteiger partial charge in [-0.05, 0) is 11.1 Å². The van der Waals surface area contributed by atoms with E-state index in [9.17, 15) is 9.13 Å². The summed E-state index contributed by atoms with van der Waals surface area (Å²) in [5, 5.41) is 0.